The van der Waals surface area contributed by atoms with Gasteiger partial charge >= 0.3 is 0 Å². The Morgan fingerprint density at radius 2 is 1.30 bits per heavy atom. The molecule has 8 nitrogen and oxygen atoms in total. The molecule has 0 unspecified atom stereocenters. The van der Waals surface area contributed by atoms with Gasteiger partial charge in [0.2, 0.25) is 0 Å². The third-order valence-electron chi connectivity index (χ3n) is 17.2. The van der Waals surface area contributed by atoms with Crippen molar-refractivity contribution in [1.82, 2.24) is 0 Å². The fourth-order valence-electron chi connectivity index (χ4n) is 14.5. The third kappa shape index (κ3) is 5.11. The predicted molar refractivity (Wildman–Crippen MR) is 187 cm³/mol. The number of aliphatic hydroxyl groups is 4. The second-order valence-corrected chi connectivity index (χ2v) is 18.8. The Labute approximate surface area is 297 Å². The standard InChI is InChI=1S/C21H30O5.C21H30O3/c1-19-7-5-13(23)9-12(19)3-4-14-15-6-8-21(26,17(25)11-22)20(15,2)10-16(24)18(14)19;1-20-9-7-14(23)11-13(20)3-4-15-16-5-6-18(19(24)12-22)21(16,2)10-8-17(15)20/h9,14-16,18,22,24,26H,3-8,10-11H2,1-2H3;11,15-18,22H,3-10,12H2,1-2H3/t14-,15-,16-,18+,19-,20-,21-;15-,16-,17-,18+,20-,21-/m00/s1. The molecule has 0 aromatic carbocycles. The quantitative estimate of drug-likeness (QED) is 0.303. The predicted octanol–water partition coefficient (Wildman–Crippen LogP) is 5.48. The van der Waals surface area contributed by atoms with Crippen molar-refractivity contribution < 1.29 is 39.6 Å². The van der Waals surface area contributed by atoms with Crippen LogP contribution in [0.5, 0.6) is 0 Å². The summed E-state index contributed by atoms with van der Waals surface area (Å²) in [7, 11) is 0. The Morgan fingerprint density at radius 3 is 1.94 bits per heavy atom. The highest BCUT2D eigenvalue weighted by Gasteiger charge is 2.68. The van der Waals surface area contributed by atoms with E-state index in [0.29, 0.717) is 49.2 Å². The van der Waals surface area contributed by atoms with Gasteiger partial charge in [-0.15, -0.1) is 0 Å². The Morgan fingerprint density at radius 1 is 0.700 bits per heavy atom. The summed E-state index contributed by atoms with van der Waals surface area (Å²) < 4.78 is 0. The van der Waals surface area contributed by atoms with Gasteiger partial charge in [-0.3, -0.25) is 19.2 Å². The summed E-state index contributed by atoms with van der Waals surface area (Å²) in [5.41, 5.74) is 0.467. The molecular weight excluding hydrogens is 632 g/mol. The summed E-state index contributed by atoms with van der Waals surface area (Å²) in [6.07, 6.45) is 16.0. The second kappa shape index (κ2) is 12.6. The van der Waals surface area contributed by atoms with Crippen LogP contribution in [0.15, 0.2) is 23.3 Å². The average molecular weight is 693 g/mol. The zero-order chi connectivity index (χ0) is 36.0. The minimum Gasteiger partial charge on any atom is -0.393 e. The maximum absolute atomic E-state index is 12.4. The lowest BCUT2D eigenvalue weighted by atomic mass is 9.45. The van der Waals surface area contributed by atoms with Gasteiger partial charge < -0.3 is 20.4 Å². The van der Waals surface area contributed by atoms with Crippen molar-refractivity contribution in [2.24, 2.45) is 63.1 Å². The molecule has 0 saturated heterocycles. The molecule has 0 aromatic heterocycles. The summed E-state index contributed by atoms with van der Waals surface area (Å²) in [5, 5.41) is 41.1. The van der Waals surface area contributed by atoms with Gasteiger partial charge in [0.15, 0.2) is 23.1 Å². The molecule has 0 heterocycles. The molecular formula is C42H60O8. The minimum absolute atomic E-state index is 0.0596. The first kappa shape index (κ1) is 36.4. The van der Waals surface area contributed by atoms with E-state index in [1.54, 1.807) is 6.08 Å². The monoisotopic (exact) mass is 692 g/mol. The van der Waals surface area contributed by atoms with Crippen molar-refractivity contribution in [2.75, 3.05) is 13.2 Å². The van der Waals surface area contributed by atoms with E-state index in [1.165, 1.54) is 24.0 Å². The number of hydrogen-bond donors (Lipinski definition) is 4. The molecule has 8 heteroatoms. The molecule has 0 radical (unpaired) electrons. The van der Waals surface area contributed by atoms with Crippen LogP contribution in [0.3, 0.4) is 0 Å². The van der Waals surface area contributed by atoms with E-state index in [1.807, 2.05) is 13.0 Å². The molecule has 0 bridgehead atoms. The van der Waals surface area contributed by atoms with Gasteiger partial charge in [-0.25, -0.2) is 0 Å². The fourth-order valence-corrected chi connectivity index (χ4v) is 14.5. The zero-order valence-electron chi connectivity index (χ0n) is 30.7. The van der Waals surface area contributed by atoms with Crippen LogP contribution >= 0.6 is 0 Å². The van der Waals surface area contributed by atoms with E-state index in [0.717, 1.165) is 57.8 Å². The van der Waals surface area contributed by atoms with E-state index in [9.17, 15) is 39.6 Å². The summed E-state index contributed by atoms with van der Waals surface area (Å²) >= 11 is 0. The Hall–Kier alpha value is -2.00. The van der Waals surface area contributed by atoms with Gasteiger partial charge in [-0.05, 0) is 147 Å². The lowest BCUT2D eigenvalue weighted by Gasteiger charge is -2.60. The molecule has 4 N–H and O–H groups in total. The maximum atomic E-state index is 12.4. The minimum atomic E-state index is -1.54. The molecule has 276 valence electrons. The lowest BCUT2D eigenvalue weighted by molar-refractivity contribution is -0.182. The third-order valence-corrected chi connectivity index (χ3v) is 17.2. The van der Waals surface area contributed by atoms with Crippen LogP contribution in [-0.4, -0.2) is 68.5 Å². The first-order valence-electron chi connectivity index (χ1n) is 19.7. The maximum Gasteiger partial charge on any atom is 0.190 e. The van der Waals surface area contributed by atoms with Crippen molar-refractivity contribution in [1.29, 1.82) is 0 Å². The number of ketones is 4. The smallest absolute Gasteiger partial charge is 0.190 e. The summed E-state index contributed by atoms with van der Waals surface area (Å²) in [6.45, 7) is 7.88. The summed E-state index contributed by atoms with van der Waals surface area (Å²) in [4.78, 5) is 48.4. The number of aliphatic hydroxyl groups excluding tert-OH is 3. The second-order valence-electron chi connectivity index (χ2n) is 18.8. The van der Waals surface area contributed by atoms with Crippen molar-refractivity contribution in [2.45, 2.75) is 136 Å². The Kier molecular flexibility index (Phi) is 9.13. The van der Waals surface area contributed by atoms with Gasteiger partial charge in [0.25, 0.3) is 0 Å². The van der Waals surface area contributed by atoms with Crippen LogP contribution in [0.25, 0.3) is 0 Å². The molecule has 0 spiro atoms. The molecule has 0 aliphatic heterocycles. The van der Waals surface area contributed by atoms with Crippen molar-refractivity contribution in [3.05, 3.63) is 23.3 Å². The number of rotatable bonds is 4. The number of carbonyl (C=O) groups is 4. The highest BCUT2D eigenvalue weighted by atomic mass is 16.3. The van der Waals surface area contributed by atoms with Gasteiger partial charge in [0.05, 0.1) is 6.10 Å². The molecule has 0 aromatic rings. The highest BCUT2D eigenvalue weighted by molar-refractivity contribution is 5.92. The summed E-state index contributed by atoms with van der Waals surface area (Å²) in [5.74, 6) is 2.56. The topological polar surface area (TPSA) is 149 Å². The summed E-state index contributed by atoms with van der Waals surface area (Å²) in [6, 6.07) is 0. The van der Waals surface area contributed by atoms with Crippen molar-refractivity contribution in [3.63, 3.8) is 0 Å². The van der Waals surface area contributed by atoms with Gasteiger partial charge in [-0.1, -0.05) is 38.8 Å². The molecule has 8 aliphatic rings. The van der Waals surface area contributed by atoms with E-state index in [-0.39, 0.29) is 58.1 Å². The number of hydrogen-bond acceptors (Lipinski definition) is 8. The molecule has 8 aliphatic carbocycles. The molecule has 8 rings (SSSR count). The molecule has 0 amide bonds. The fraction of sp³-hybridized carbons (Fsp3) is 0.810. The first-order chi connectivity index (χ1) is 23.6. The zero-order valence-corrected chi connectivity index (χ0v) is 30.7. The number of carbonyl (C=O) groups excluding carboxylic acids is 4. The highest BCUT2D eigenvalue weighted by Crippen LogP contribution is 2.69. The molecule has 13 atom stereocenters. The van der Waals surface area contributed by atoms with Crippen molar-refractivity contribution in [3.8, 4) is 0 Å². The lowest BCUT2D eigenvalue weighted by Crippen LogP contribution is -2.62. The number of allylic oxidation sites excluding steroid dienone is 2. The first-order valence-corrected chi connectivity index (χ1v) is 19.7. The largest absolute Gasteiger partial charge is 0.393 e. The van der Waals surface area contributed by atoms with E-state index in [2.05, 4.69) is 20.8 Å². The Balaban J connectivity index is 0.000000157. The van der Waals surface area contributed by atoms with Crippen LogP contribution in [0.1, 0.15) is 124 Å². The van der Waals surface area contributed by atoms with Gasteiger partial charge in [-0.2, -0.15) is 0 Å². The van der Waals surface area contributed by atoms with Crippen molar-refractivity contribution >= 4 is 23.1 Å². The normalized spacial score (nSPS) is 49.0. The van der Waals surface area contributed by atoms with Gasteiger partial charge in [0, 0.05) is 24.2 Å². The average Bonchev–Trinajstić information content (AvgIpc) is 3.58. The SMILES string of the molecule is C[C@]12CCC(=O)C=C1CC[C@@H]1[C@@H]2[C@@H](O)C[C@@]2(C)[C@H]1CC[C@]2(O)C(=O)CO.C[C@]12CC[C@H]3[C@@H](CCC4=CC(=O)CC[C@@]43C)[C@@H]1CC[C@@H]2C(=O)CO. The van der Waals surface area contributed by atoms with Crippen LogP contribution in [0.2, 0.25) is 0 Å². The van der Waals surface area contributed by atoms with Crippen LogP contribution in [0.4, 0.5) is 0 Å². The van der Waals surface area contributed by atoms with Crippen LogP contribution in [0, 0.1) is 63.1 Å². The van der Waals surface area contributed by atoms with Crippen LogP contribution < -0.4 is 0 Å². The Bertz CT molecular complexity index is 1510. The molecule has 6 saturated carbocycles. The molecule has 6 fully saturated rings. The van der Waals surface area contributed by atoms with Gasteiger partial charge in [0.1, 0.15) is 18.8 Å². The number of Topliss-reactive ketones (excluding diaryl/α,β-unsaturated/α-hetero) is 2. The number of fused-ring (bicyclic) bond motifs is 10. The van der Waals surface area contributed by atoms with Crippen LogP contribution in [-0.2, 0) is 19.2 Å². The van der Waals surface area contributed by atoms with E-state index >= 15 is 0 Å². The van der Waals surface area contributed by atoms with E-state index in [4.69, 9.17) is 0 Å². The molecule has 50 heavy (non-hydrogen) atoms. The van der Waals surface area contributed by atoms with E-state index < -0.39 is 29.5 Å².